The molecular weight excluding hydrogens is 306 g/mol. The van der Waals surface area contributed by atoms with Crippen molar-refractivity contribution in [3.63, 3.8) is 0 Å². The SMILES string of the molecule is Cc1ccc2c(c1C)n1c3ccccc3c3nccc(C)c3c1[n+]2C. The van der Waals surface area contributed by atoms with Crippen LogP contribution in [0.5, 0.6) is 0 Å². The van der Waals surface area contributed by atoms with E-state index >= 15 is 0 Å². The summed E-state index contributed by atoms with van der Waals surface area (Å²) in [5.41, 5.74) is 9.96. The van der Waals surface area contributed by atoms with Gasteiger partial charge in [0.1, 0.15) is 5.52 Å². The zero-order chi connectivity index (χ0) is 17.3. The number of benzene rings is 2. The van der Waals surface area contributed by atoms with Gasteiger partial charge in [-0.1, -0.05) is 18.2 Å². The molecule has 5 aromatic rings. The lowest BCUT2D eigenvalue weighted by Gasteiger charge is -2.06. The minimum atomic E-state index is 1.08. The number of imidazole rings is 1. The summed E-state index contributed by atoms with van der Waals surface area (Å²) >= 11 is 0. The monoisotopic (exact) mass is 326 g/mol. The topological polar surface area (TPSA) is 21.2 Å². The lowest BCUT2D eigenvalue weighted by atomic mass is 10.1. The molecule has 0 saturated carbocycles. The van der Waals surface area contributed by atoms with E-state index in [1.807, 2.05) is 6.20 Å². The fraction of sp³-hybridized carbons (Fsp3) is 0.182. The van der Waals surface area contributed by atoms with Gasteiger partial charge >= 0.3 is 0 Å². The summed E-state index contributed by atoms with van der Waals surface area (Å²) in [7, 11) is 2.16. The first-order valence-electron chi connectivity index (χ1n) is 8.66. The van der Waals surface area contributed by atoms with Gasteiger partial charge in [-0.3, -0.25) is 4.98 Å². The third kappa shape index (κ3) is 1.70. The van der Waals surface area contributed by atoms with Crippen LogP contribution in [0.25, 0.3) is 38.5 Å². The van der Waals surface area contributed by atoms with Gasteiger partial charge in [0.15, 0.2) is 11.0 Å². The van der Waals surface area contributed by atoms with Gasteiger partial charge in [0.25, 0.3) is 5.65 Å². The van der Waals surface area contributed by atoms with E-state index < -0.39 is 0 Å². The van der Waals surface area contributed by atoms with Gasteiger partial charge in [0.2, 0.25) is 0 Å². The maximum atomic E-state index is 4.74. The third-order valence-corrected chi connectivity index (χ3v) is 5.58. The summed E-state index contributed by atoms with van der Waals surface area (Å²) in [5, 5.41) is 2.43. The van der Waals surface area contributed by atoms with Crippen molar-refractivity contribution in [2.45, 2.75) is 20.8 Å². The quantitative estimate of drug-likeness (QED) is 0.302. The lowest BCUT2D eigenvalue weighted by molar-refractivity contribution is -0.617. The highest BCUT2D eigenvalue weighted by Crippen LogP contribution is 2.33. The Labute approximate surface area is 146 Å². The molecule has 0 aliphatic rings. The number of nitrogens with zero attached hydrogens (tertiary/aromatic N) is 3. The molecule has 3 heterocycles. The molecule has 0 bridgehead atoms. The molecule has 3 heteroatoms. The van der Waals surface area contributed by atoms with Crippen LogP contribution >= 0.6 is 0 Å². The lowest BCUT2D eigenvalue weighted by Crippen LogP contribution is -2.27. The Hall–Kier alpha value is -2.94. The molecule has 0 amide bonds. The van der Waals surface area contributed by atoms with Crippen molar-refractivity contribution in [1.29, 1.82) is 0 Å². The van der Waals surface area contributed by atoms with Crippen molar-refractivity contribution in [2.75, 3.05) is 0 Å². The van der Waals surface area contributed by atoms with Crippen LogP contribution in [0.2, 0.25) is 0 Å². The highest BCUT2D eigenvalue weighted by atomic mass is 15.1. The molecule has 0 radical (unpaired) electrons. The van der Waals surface area contributed by atoms with Gasteiger partial charge in [0.05, 0.1) is 18.0 Å². The number of hydrogen-bond donors (Lipinski definition) is 0. The first kappa shape index (κ1) is 14.4. The Balaban J connectivity index is 2.29. The summed E-state index contributed by atoms with van der Waals surface area (Å²) in [6.45, 7) is 6.58. The van der Waals surface area contributed by atoms with Gasteiger partial charge in [0, 0.05) is 17.1 Å². The number of aromatic nitrogens is 3. The van der Waals surface area contributed by atoms with Crippen molar-refractivity contribution in [2.24, 2.45) is 7.05 Å². The average molecular weight is 326 g/mol. The minimum Gasteiger partial charge on any atom is -0.255 e. The van der Waals surface area contributed by atoms with E-state index in [1.165, 1.54) is 49.7 Å². The molecule has 0 N–H and O–H groups in total. The fourth-order valence-electron chi connectivity index (χ4n) is 4.14. The molecule has 0 aliphatic carbocycles. The summed E-state index contributed by atoms with van der Waals surface area (Å²) in [6, 6.07) is 15.1. The molecular formula is C22H20N3+. The van der Waals surface area contributed by atoms with Crippen LogP contribution in [0.1, 0.15) is 16.7 Å². The predicted molar refractivity (Wildman–Crippen MR) is 103 cm³/mol. The highest BCUT2D eigenvalue weighted by molar-refractivity contribution is 6.11. The zero-order valence-corrected chi connectivity index (χ0v) is 15.0. The molecule has 3 aromatic heterocycles. The number of para-hydroxylation sites is 1. The third-order valence-electron chi connectivity index (χ3n) is 5.58. The number of hydrogen-bond acceptors (Lipinski definition) is 1. The number of rotatable bonds is 0. The minimum absolute atomic E-state index is 1.08. The Bertz CT molecular complexity index is 1330. The largest absolute Gasteiger partial charge is 0.297 e. The van der Waals surface area contributed by atoms with Crippen molar-refractivity contribution in [3.05, 3.63) is 65.4 Å². The number of fused-ring (bicyclic) bond motifs is 8. The van der Waals surface area contributed by atoms with E-state index in [-0.39, 0.29) is 0 Å². The van der Waals surface area contributed by atoms with E-state index in [4.69, 9.17) is 4.98 Å². The standard InChI is InChI=1S/C22H20N3/c1-13-9-10-18-21(15(13)3)25-17-8-6-5-7-16(17)20-19(22(25)24(18)4)14(2)11-12-23-20/h5-12H,1-4H3/q+1. The maximum Gasteiger partial charge on any atom is 0.297 e. The average Bonchev–Trinajstić information content (AvgIpc) is 2.92. The van der Waals surface area contributed by atoms with Crippen molar-refractivity contribution in [3.8, 4) is 0 Å². The molecule has 0 aliphatic heterocycles. The fourth-order valence-corrected chi connectivity index (χ4v) is 4.14. The molecule has 2 aromatic carbocycles. The first-order valence-corrected chi connectivity index (χ1v) is 8.66. The van der Waals surface area contributed by atoms with E-state index in [9.17, 15) is 0 Å². The van der Waals surface area contributed by atoms with Gasteiger partial charge in [-0.25, -0.2) is 4.57 Å². The van der Waals surface area contributed by atoms with Gasteiger partial charge in [-0.05, 0) is 56.2 Å². The molecule has 0 spiro atoms. The van der Waals surface area contributed by atoms with E-state index in [1.54, 1.807) is 0 Å². The van der Waals surface area contributed by atoms with Crippen LogP contribution < -0.4 is 4.57 Å². The van der Waals surface area contributed by atoms with Gasteiger partial charge < -0.3 is 0 Å². The van der Waals surface area contributed by atoms with Crippen LogP contribution in [-0.4, -0.2) is 9.38 Å². The smallest absolute Gasteiger partial charge is 0.255 e. The summed E-state index contributed by atoms with van der Waals surface area (Å²) in [6.07, 6.45) is 1.92. The first-order chi connectivity index (χ1) is 12.1. The predicted octanol–water partition coefficient (Wildman–Crippen LogP) is 4.54. The molecule has 0 fully saturated rings. The van der Waals surface area contributed by atoms with Crippen LogP contribution in [-0.2, 0) is 7.05 Å². The van der Waals surface area contributed by atoms with Crippen LogP contribution in [0.4, 0.5) is 0 Å². The number of aryl methyl sites for hydroxylation is 4. The molecule has 0 atom stereocenters. The summed E-state index contributed by atoms with van der Waals surface area (Å²) < 4.78 is 4.73. The number of pyridine rings is 2. The van der Waals surface area contributed by atoms with Crippen molar-refractivity contribution >= 4 is 38.5 Å². The van der Waals surface area contributed by atoms with Gasteiger partial charge in [-0.2, -0.15) is 4.40 Å². The molecule has 5 rings (SSSR count). The Kier molecular flexibility index (Phi) is 2.76. The summed E-state index contributed by atoms with van der Waals surface area (Å²) in [5.74, 6) is 0. The van der Waals surface area contributed by atoms with Crippen molar-refractivity contribution < 1.29 is 4.57 Å². The van der Waals surface area contributed by atoms with E-state index in [0.29, 0.717) is 0 Å². The maximum absolute atomic E-state index is 4.74. The second-order valence-corrected chi connectivity index (χ2v) is 6.96. The second-order valence-electron chi connectivity index (χ2n) is 6.96. The van der Waals surface area contributed by atoms with E-state index in [0.717, 1.165) is 5.52 Å². The van der Waals surface area contributed by atoms with Crippen LogP contribution in [0.3, 0.4) is 0 Å². The molecule has 0 unspecified atom stereocenters. The van der Waals surface area contributed by atoms with Crippen molar-refractivity contribution in [1.82, 2.24) is 9.38 Å². The molecule has 122 valence electrons. The van der Waals surface area contributed by atoms with E-state index in [2.05, 4.69) is 79.3 Å². The Morgan fingerprint density at radius 2 is 1.72 bits per heavy atom. The normalized spacial score (nSPS) is 12.0. The zero-order valence-electron chi connectivity index (χ0n) is 15.0. The Morgan fingerprint density at radius 3 is 2.56 bits per heavy atom. The van der Waals surface area contributed by atoms with Crippen LogP contribution in [0.15, 0.2) is 48.7 Å². The van der Waals surface area contributed by atoms with Crippen LogP contribution in [0, 0.1) is 20.8 Å². The Morgan fingerprint density at radius 1 is 0.920 bits per heavy atom. The van der Waals surface area contributed by atoms with Gasteiger partial charge in [-0.15, -0.1) is 0 Å². The molecule has 3 nitrogen and oxygen atoms in total. The molecule has 25 heavy (non-hydrogen) atoms. The highest BCUT2D eigenvalue weighted by Gasteiger charge is 2.26. The molecule has 0 saturated heterocycles. The summed E-state index contributed by atoms with van der Waals surface area (Å²) in [4.78, 5) is 4.74. The second kappa shape index (κ2) is 4.79.